The minimum atomic E-state index is -3.19. The fourth-order valence-corrected chi connectivity index (χ4v) is 3.58. The van der Waals surface area contributed by atoms with Crippen LogP contribution in [0.25, 0.3) is 0 Å². The second-order valence-electron chi connectivity index (χ2n) is 5.11. The van der Waals surface area contributed by atoms with Crippen LogP contribution in [0.3, 0.4) is 0 Å². The molecule has 0 bridgehead atoms. The first kappa shape index (κ1) is 14.3. The predicted octanol–water partition coefficient (Wildman–Crippen LogP) is 2.03. The van der Waals surface area contributed by atoms with Crippen LogP contribution >= 0.6 is 0 Å². The van der Waals surface area contributed by atoms with E-state index >= 15 is 0 Å². The predicted molar refractivity (Wildman–Crippen MR) is 77.9 cm³/mol. The van der Waals surface area contributed by atoms with Gasteiger partial charge in [-0.3, -0.25) is 0 Å². The van der Waals surface area contributed by atoms with Crippen molar-refractivity contribution in [3.05, 3.63) is 59.0 Å². The van der Waals surface area contributed by atoms with E-state index in [0.29, 0.717) is 24.4 Å². The van der Waals surface area contributed by atoms with Crippen molar-refractivity contribution < 1.29 is 17.9 Å². The highest BCUT2D eigenvalue weighted by Gasteiger charge is 2.28. The molecule has 0 amide bonds. The molecule has 0 radical (unpaired) electrons. The van der Waals surface area contributed by atoms with Crippen molar-refractivity contribution in [2.45, 2.75) is 26.1 Å². The summed E-state index contributed by atoms with van der Waals surface area (Å²) in [7, 11) is -3.19. The molecule has 1 unspecified atom stereocenters. The summed E-state index contributed by atoms with van der Waals surface area (Å²) in [6.07, 6.45) is 0.684. The Morgan fingerprint density at radius 1 is 1.29 bits per heavy atom. The monoisotopic (exact) mass is 307 g/mol. The number of benzene rings is 1. The van der Waals surface area contributed by atoms with Crippen LogP contribution in [0.15, 0.2) is 41.0 Å². The van der Waals surface area contributed by atoms with Crippen molar-refractivity contribution in [1.82, 2.24) is 4.31 Å². The molecule has 1 aliphatic rings. The molecule has 2 heterocycles. The van der Waals surface area contributed by atoms with E-state index in [9.17, 15) is 13.5 Å². The quantitative estimate of drug-likeness (QED) is 0.938. The van der Waals surface area contributed by atoms with E-state index in [1.807, 2.05) is 18.2 Å². The Morgan fingerprint density at radius 3 is 2.71 bits per heavy atom. The van der Waals surface area contributed by atoms with Gasteiger partial charge in [0.15, 0.2) is 0 Å². The lowest BCUT2D eigenvalue weighted by atomic mass is 10.0. The molecule has 0 aliphatic carbocycles. The molecule has 1 atom stereocenters. The molecule has 0 fully saturated rings. The number of aliphatic hydroxyl groups excluding tert-OH is 1. The molecule has 6 heteroatoms. The third kappa shape index (κ3) is 2.62. The maximum atomic E-state index is 11.9. The van der Waals surface area contributed by atoms with Crippen LogP contribution < -0.4 is 0 Å². The van der Waals surface area contributed by atoms with Crippen molar-refractivity contribution in [3.8, 4) is 0 Å². The van der Waals surface area contributed by atoms with Crippen LogP contribution in [0.4, 0.5) is 0 Å². The Hall–Kier alpha value is -1.63. The Balaban J connectivity index is 1.87. The molecule has 21 heavy (non-hydrogen) atoms. The summed E-state index contributed by atoms with van der Waals surface area (Å²) in [6.45, 7) is 2.41. The Morgan fingerprint density at radius 2 is 2.05 bits per heavy atom. The number of aliphatic hydroxyl groups is 1. The number of nitrogens with zero attached hydrogens (tertiary/aromatic N) is 1. The Bertz CT molecular complexity index is 737. The van der Waals surface area contributed by atoms with Crippen LogP contribution in [0, 0.1) is 0 Å². The van der Waals surface area contributed by atoms with Crippen LogP contribution in [0.5, 0.6) is 0 Å². The van der Waals surface area contributed by atoms with Gasteiger partial charge in [0, 0.05) is 13.1 Å². The van der Waals surface area contributed by atoms with Gasteiger partial charge in [0.25, 0.3) is 0 Å². The van der Waals surface area contributed by atoms with Crippen LogP contribution in [0.2, 0.25) is 0 Å². The molecule has 1 aromatic carbocycles. The smallest absolute Gasteiger partial charge is 0.214 e. The topological polar surface area (TPSA) is 70.8 Å². The number of hydrogen-bond donors (Lipinski definition) is 1. The molecule has 2 aromatic rings. The van der Waals surface area contributed by atoms with Crippen molar-refractivity contribution in [3.63, 3.8) is 0 Å². The molecule has 112 valence electrons. The third-order valence-electron chi connectivity index (χ3n) is 3.81. The van der Waals surface area contributed by atoms with Crippen molar-refractivity contribution in [1.29, 1.82) is 0 Å². The van der Waals surface area contributed by atoms with E-state index in [1.165, 1.54) is 10.6 Å². The van der Waals surface area contributed by atoms with Gasteiger partial charge in [-0.25, -0.2) is 8.42 Å². The number of sulfonamides is 1. The molecule has 3 rings (SSSR count). The largest absolute Gasteiger partial charge is 0.466 e. The highest BCUT2D eigenvalue weighted by molar-refractivity contribution is 7.89. The van der Waals surface area contributed by atoms with E-state index in [1.54, 1.807) is 19.1 Å². The number of furan rings is 1. The summed E-state index contributed by atoms with van der Waals surface area (Å²) in [5.41, 5.74) is 2.64. The molecule has 0 spiro atoms. The zero-order valence-electron chi connectivity index (χ0n) is 11.7. The van der Waals surface area contributed by atoms with Gasteiger partial charge >= 0.3 is 0 Å². The average molecular weight is 307 g/mol. The van der Waals surface area contributed by atoms with Crippen molar-refractivity contribution >= 4 is 10.0 Å². The molecule has 0 saturated carbocycles. The first-order chi connectivity index (χ1) is 10.0. The zero-order chi connectivity index (χ0) is 15.0. The molecule has 1 N–H and O–H groups in total. The second-order valence-corrected chi connectivity index (χ2v) is 7.37. The first-order valence-electron chi connectivity index (χ1n) is 6.82. The lowest BCUT2D eigenvalue weighted by Gasteiger charge is -2.13. The molecule has 1 aliphatic heterocycles. The van der Waals surface area contributed by atoms with E-state index in [4.69, 9.17) is 4.42 Å². The highest BCUT2D eigenvalue weighted by atomic mass is 32.2. The lowest BCUT2D eigenvalue weighted by Crippen LogP contribution is -2.26. The maximum absolute atomic E-state index is 11.9. The highest BCUT2D eigenvalue weighted by Crippen LogP contribution is 2.30. The van der Waals surface area contributed by atoms with Gasteiger partial charge in [-0.15, -0.1) is 0 Å². The van der Waals surface area contributed by atoms with Gasteiger partial charge in [0.1, 0.15) is 11.9 Å². The number of fused-ring (bicyclic) bond motifs is 1. The van der Waals surface area contributed by atoms with Crippen LogP contribution in [0.1, 0.15) is 35.5 Å². The zero-order valence-corrected chi connectivity index (χ0v) is 12.5. The van der Waals surface area contributed by atoms with Crippen molar-refractivity contribution in [2.75, 3.05) is 5.75 Å². The van der Waals surface area contributed by atoms with Gasteiger partial charge in [-0.1, -0.05) is 18.2 Å². The molecule has 1 aromatic heterocycles. The molecular formula is C15H17NO4S. The SMILES string of the molecule is CCS(=O)(=O)N1Cc2ccc(C(O)c3ccco3)cc2C1. The fourth-order valence-electron chi connectivity index (χ4n) is 2.54. The third-order valence-corrected chi connectivity index (χ3v) is 5.58. The summed E-state index contributed by atoms with van der Waals surface area (Å²) in [6, 6.07) is 8.98. The van der Waals surface area contributed by atoms with E-state index in [0.717, 1.165) is 11.1 Å². The minimum absolute atomic E-state index is 0.100. The summed E-state index contributed by atoms with van der Waals surface area (Å²) >= 11 is 0. The van der Waals surface area contributed by atoms with Gasteiger partial charge in [0.2, 0.25) is 10.0 Å². The summed E-state index contributed by atoms with van der Waals surface area (Å²) in [5, 5.41) is 10.3. The fraction of sp³-hybridized carbons (Fsp3) is 0.333. The lowest BCUT2D eigenvalue weighted by molar-refractivity contribution is 0.189. The van der Waals surface area contributed by atoms with Gasteiger partial charge < -0.3 is 9.52 Å². The van der Waals surface area contributed by atoms with Crippen LogP contribution in [-0.2, 0) is 23.1 Å². The maximum Gasteiger partial charge on any atom is 0.214 e. The van der Waals surface area contributed by atoms with Crippen LogP contribution in [-0.4, -0.2) is 23.6 Å². The molecular weight excluding hydrogens is 290 g/mol. The standard InChI is InChI=1S/C15H17NO4S/c1-2-21(18,19)16-9-12-6-5-11(8-13(12)10-16)15(17)14-4-3-7-20-14/h3-8,15,17H,2,9-10H2,1H3. The summed E-state index contributed by atoms with van der Waals surface area (Å²) < 4.78 is 30.6. The summed E-state index contributed by atoms with van der Waals surface area (Å²) in [4.78, 5) is 0. The summed E-state index contributed by atoms with van der Waals surface area (Å²) in [5.74, 6) is 0.578. The normalized spacial score (nSPS) is 16.9. The first-order valence-corrected chi connectivity index (χ1v) is 8.43. The van der Waals surface area contributed by atoms with Gasteiger partial charge in [-0.05, 0) is 35.7 Å². The van der Waals surface area contributed by atoms with Gasteiger partial charge in [0.05, 0.1) is 12.0 Å². The van der Waals surface area contributed by atoms with E-state index in [2.05, 4.69) is 0 Å². The Kier molecular flexibility index (Phi) is 3.61. The Labute approximate surface area is 123 Å². The molecule has 5 nitrogen and oxygen atoms in total. The van der Waals surface area contributed by atoms with E-state index < -0.39 is 16.1 Å². The average Bonchev–Trinajstić information content (AvgIpc) is 3.14. The van der Waals surface area contributed by atoms with Crippen molar-refractivity contribution in [2.24, 2.45) is 0 Å². The number of rotatable bonds is 4. The van der Waals surface area contributed by atoms with Gasteiger partial charge in [-0.2, -0.15) is 4.31 Å². The van der Waals surface area contributed by atoms with E-state index in [-0.39, 0.29) is 5.75 Å². The second kappa shape index (κ2) is 5.29. The number of hydrogen-bond acceptors (Lipinski definition) is 4. The molecule has 0 saturated heterocycles. The minimum Gasteiger partial charge on any atom is -0.466 e.